The van der Waals surface area contributed by atoms with Gasteiger partial charge in [-0.3, -0.25) is 0 Å². The average molecular weight is 448 g/mol. The summed E-state index contributed by atoms with van der Waals surface area (Å²) in [7, 11) is 0. The quantitative estimate of drug-likeness (QED) is 0.576. The van der Waals surface area contributed by atoms with Gasteiger partial charge in [0.15, 0.2) is 5.82 Å². The van der Waals surface area contributed by atoms with Crippen LogP contribution in [0.1, 0.15) is 64.4 Å². The van der Waals surface area contributed by atoms with Gasteiger partial charge in [-0.2, -0.15) is 4.80 Å². The number of benzene rings is 2. The lowest BCUT2D eigenvalue weighted by atomic mass is 9.72. The predicted molar refractivity (Wildman–Crippen MR) is 127 cm³/mol. The van der Waals surface area contributed by atoms with Gasteiger partial charge in [0.25, 0.3) is 0 Å². The number of hydrogen-bond donors (Lipinski definition) is 0. The van der Waals surface area contributed by atoms with Crippen molar-refractivity contribution in [2.75, 3.05) is 13.1 Å². The van der Waals surface area contributed by atoms with E-state index in [2.05, 4.69) is 48.4 Å². The molecular weight excluding hydrogens is 414 g/mol. The Bertz CT molecular complexity index is 1080. The number of rotatable bonds is 4. The van der Waals surface area contributed by atoms with Crippen molar-refractivity contribution in [1.29, 1.82) is 0 Å². The summed E-state index contributed by atoms with van der Waals surface area (Å²) in [5.41, 5.74) is 0.887. The minimum atomic E-state index is -0.516. The normalized spacial score (nSPS) is 16.5. The summed E-state index contributed by atoms with van der Waals surface area (Å²) in [6.07, 6.45) is 1.13. The minimum Gasteiger partial charge on any atom is -0.444 e. The molecule has 1 aliphatic heterocycles. The van der Waals surface area contributed by atoms with Gasteiger partial charge in [-0.25, -0.2) is 4.79 Å². The smallest absolute Gasteiger partial charge is 0.410 e. The number of ether oxygens (including phenoxy) is 1. The molecule has 1 saturated heterocycles. The van der Waals surface area contributed by atoms with E-state index in [1.165, 1.54) is 0 Å². The SMILES string of the molecule is CC(C)(C)OC(=O)N1CCC(c2ccccc2)(c2nnn(C(C)(C)c3ccccc3)n2)CC1. The Labute approximate surface area is 195 Å². The standard InChI is InChI=1S/C26H33N5O2/c1-24(2,3)33-23(32)30-18-16-26(17-19-30,21-14-10-7-11-15-21)22-27-29-31(28-22)25(4,5)20-12-8-6-9-13-20/h6-15H,16-19H2,1-5H3. The summed E-state index contributed by atoms with van der Waals surface area (Å²) in [6, 6.07) is 20.5. The Morgan fingerprint density at radius 1 is 0.909 bits per heavy atom. The molecule has 0 atom stereocenters. The summed E-state index contributed by atoms with van der Waals surface area (Å²) in [5.74, 6) is 0.696. The lowest BCUT2D eigenvalue weighted by Crippen LogP contribution is -2.47. The van der Waals surface area contributed by atoms with Crippen LogP contribution in [0, 0.1) is 0 Å². The zero-order valence-electron chi connectivity index (χ0n) is 20.2. The molecule has 0 bridgehead atoms. The fourth-order valence-corrected chi connectivity index (χ4v) is 4.40. The summed E-state index contributed by atoms with van der Waals surface area (Å²) >= 11 is 0. The number of nitrogens with zero attached hydrogens (tertiary/aromatic N) is 5. The molecule has 0 N–H and O–H groups in total. The number of aromatic nitrogens is 4. The monoisotopic (exact) mass is 447 g/mol. The Kier molecular flexibility index (Phi) is 5.99. The number of amides is 1. The van der Waals surface area contributed by atoms with Crippen molar-refractivity contribution in [2.45, 2.75) is 64.0 Å². The van der Waals surface area contributed by atoms with E-state index in [4.69, 9.17) is 9.84 Å². The first kappa shape index (κ1) is 23.0. The lowest BCUT2D eigenvalue weighted by Gasteiger charge is -2.40. The van der Waals surface area contributed by atoms with Crippen molar-refractivity contribution in [2.24, 2.45) is 0 Å². The van der Waals surface area contributed by atoms with E-state index in [0.29, 0.717) is 31.8 Å². The van der Waals surface area contributed by atoms with Gasteiger partial charge in [0.1, 0.15) is 11.1 Å². The number of hydrogen-bond acceptors (Lipinski definition) is 5. The molecule has 33 heavy (non-hydrogen) atoms. The molecule has 174 valence electrons. The van der Waals surface area contributed by atoms with Crippen LogP contribution in [0.25, 0.3) is 0 Å². The van der Waals surface area contributed by atoms with E-state index in [-0.39, 0.29) is 6.09 Å². The maximum absolute atomic E-state index is 12.6. The summed E-state index contributed by atoms with van der Waals surface area (Å²) < 4.78 is 5.59. The Morgan fingerprint density at radius 2 is 1.48 bits per heavy atom. The first-order valence-corrected chi connectivity index (χ1v) is 11.5. The largest absolute Gasteiger partial charge is 0.444 e. The molecule has 3 aromatic rings. The van der Waals surface area contributed by atoms with Crippen molar-refractivity contribution in [1.82, 2.24) is 25.1 Å². The van der Waals surface area contributed by atoms with Crippen LogP contribution in [0.4, 0.5) is 4.79 Å². The zero-order valence-corrected chi connectivity index (χ0v) is 20.2. The molecule has 0 aliphatic carbocycles. The molecule has 7 heteroatoms. The van der Waals surface area contributed by atoms with E-state index in [9.17, 15) is 4.79 Å². The molecule has 4 rings (SSSR count). The van der Waals surface area contributed by atoms with Crippen molar-refractivity contribution in [3.63, 3.8) is 0 Å². The molecule has 0 radical (unpaired) electrons. The van der Waals surface area contributed by atoms with Crippen LogP contribution in [-0.4, -0.2) is 49.9 Å². The van der Waals surface area contributed by atoms with Crippen LogP contribution in [0.2, 0.25) is 0 Å². The third-order valence-corrected chi connectivity index (χ3v) is 6.42. The predicted octanol–water partition coefficient (Wildman–Crippen LogP) is 4.77. The highest BCUT2D eigenvalue weighted by Crippen LogP contribution is 2.40. The number of tetrazole rings is 1. The van der Waals surface area contributed by atoms with E-state index in [0.717, 1.165) is 11.1 Å². The van der Waals surface area contributed by atoms with E-state index in [1.54, 1.807) is 9.70 Å². The minimum absolute atomic E-state index is 0.272. The number of carbonyl (C=O) groups excluding carboxylic acids is 1. The van der Waals surface area contributed by atoms with Crippen LogP contribution in [0.5, 0.6) is 0 Å². The first-order valence-electron chi connectivity index (χ1n) is 11.5. The highest BCUT2D eigenvalue weighted by molar-refractivity contribution is 5.68. The van der Waals surface area contributed by atoms with Gasteiger partial charge < -0.3 is 9.64 Å². The number of carbonyl (C=O) groups is 1. The van der Waals surface area contributed by atoms with Crippen molar-refractivity contribution in [3.8, 4) is 0 Å². The fourth-order valence-electron chi connectivity index (χ4n) is 4.40. The van der Waals surface area contributed by atoms with E-state index >= 15 is 0 Å². The van der Waals surface area contributed by atoms with E-state index < -0.39 is 16.6 Å². The highest BCUT2D eigenvalue weighted by Gasteiger charge is 2.44. The fraction of sp³-hybridized carbons (Fsp3) is 0.462. The molecule has 1 aromatic heterocycles. The summed E-state index contributed by atoms with van der Waals surface area (Å²) in [6.45, 7) is 11.0. The second kappa shape index (κ2) is 8.61. The van der Waals surface area contributed by atoms with E-state index in [1.807, 2.05) is 57.2 Å². The van der Waals surface area contributed by atoms with Gasteiger partial charge in [-0.05, 0) is 63.8 Å². The molecule has 1 fully saturated rings. The van der Waals surface area contributed by atoms with Crippen LogP contribution in [-0.2, 0) is 15.7 Å². The second-order valence-electron chi connectivity index (χ2n) is 10.2. The van der Waals surface area contributed by atoms with Crippen LogP contribution < -0.4 is 0 Å². The van der Waals surface area contributed by atoms with Gasteiger partial charge in [-0.1, -0.05) is 60.7 Å². The van der Waals surface area contributed by atoms with Gasteiger partial charge in [0, 0.05) is 13.1 Å². The van der Waals surface area contributed by atoms with Gasteiger partial charge in [0.2, 0.25) is 0 Å². The molecule has 2 heterocycles. The van der Waals surface area contributed by atoms with Gasteiger partial charge in [0.05, 0.1) is 5.41 Å². The van der Waals surface area contributed by atoms with Crippen LogP contribution in [0.15, 0.2) is 60.7 Å². The molecule has 7 nitrogen and oxygen atoms in total. The molecule has 0 unspecified atom stereocenters. The number of piperidine rings is 1. The number of likely N-dealkylation sites (tertiary alicyclic amines) is 1. The lowest BCUT2D eigenvalue weighted by molar-refractivity contribution is 0.0176. The second-order valence-corrected chi connectivity index (χ2v) is 10.2. The third kappa shape index (κ3) is 4.63. The van der Waals surface area contributed by atoms with Crippen LogP contribution in [0.3, 0.4) is 0 Å². The Balaban J connectivity index is 1.65. The van der Waals surface area contributed by atoms with Crippen LogP contribution >= 0.6 is 0 Å². The molecule has 1 aliphatic rings. The summed E-state index contributed by atoms with van der Waals surface area (Å²) in [5, 5.41) is 14.0. The molecule has 1 amide bonds. The van der Waals surface area contributed by atoms with Gasteiger partial charge in [-0.15, -0.1) is 10.2 Å². The third-order valence-electron chi connectivity index (χ3n) is 6.42. The van der Waals surface area contributed by atoms with Crippen molar-refractivity contribution >= 4 is 6.09 Å². The molecule has 0 spiro atoms. The van der Waals surface area contributed by atoms with Crippen molar-refractivity contribution < 1.29 is 9.53 Å². The Hall–Kier alpha value is -3.22. The summed E-state index contributed by atoms with van der Waals surface area (Å²) in [4.78, 5) is 16.1. The topological polar surface area (TPSA) is 73.1 Å². The first-order chi connectivity index (χ1) is 15.6. The maximum Gasteiger partial charge on any atom is 0.410 e. The zero-order chi connectivity index (χ0) is 23.7. The van der Waals surface area contributed by atoms with Crippen molar-refractivity contribution in [3.05, 3.63) is 77.6 Å². The molecule has 0 saturated carbocycles. The van der Waals surface area contributed by atoms with Gasteiger partial charge >= 0.3 is 6.09 Å². The Morgan fingerprint density at radius 3 is 2.06 bits per heavy atom. The average Bonchev–Trinajstić information content (AvgIpc) is 3.31. The molecular formula is C26H33N5O2. The highest BCUT2D eigenvalue weighted by atomic mass is 16.6. The molecule has 2 aromatic carbocycles. The maximum atomic E-state index is 12.6.